The lowest BCUT2D eigenvalue weighted by atomic mass is 10.0. The Balaban J connectivity index is 1.77. The zero-order chi connectivity index (χ0) is 21.1. The number of anilines is 2. The van der Waals surface area contributed by atoms with E-state index in [0.717, 1.165) is 23.5 Å². The average molecular weight is 412 g/mol. The number of nitrogens with one attached hydrogen (secondary N) is 2. The molecule has 0 saturated carbocycles. The van der Waals surface area contributed by atoms with Crippen LogP contribution in [0.2, 0.25) is 0 Å². The number of pyridine rings is 1. The second-order valence-corrected chi connectivity index (χ2v) is 6.65. The highest BCUT2D eigenvalue weighted by Crippen LogP contribution is 2.23. The van der Waals surface area contributed by atoms with E-state index in [1.54, 1.807) is 6.07 Å². The van der Waals surface area contributed by atoms with Crippen LogP contribution < -0.4 is 15.6 Å². The maximum absolute atomic E-state index is 12.9. The Bertz CT molecular complexity index is 1040. The molecule has 0 unspecified atom stereocenters. The molecule has 2 aromatic rings. The molecule has 0 aliphatic carbocycles. The van der Waals surface area contributed by atoms with E-state index in [1.807, 2.05) is 26.0 Å². The monoisotopic (exact) mass is 412 g/mol. The lowest BCUT2D eigenvalue weighted by molar-refractivity contribution is -0.385. The first kappa shape index (κ1) is 20.0. The van der Waals surface area contributed by atoms with Gasteiger partial charge in [0.15, 0.2) is 11.0 Å². The summed E-state index contributed by atoms with van der Waals surface area (Å²) in [5, 5.41) is 17.0. The Morgan fingerprint density at radius 3 is 2.66 bits per heavy atom. The Labute approximate surface area is 170 Å². The van der Waals surface area contributed by atoms with Crippen molar-refractivity contribution in [1.29, 1.82) is 0 Å². The number of aromatic nitrogens is 1. The summed E-state index contributed by atoms with van der Waals surface area (Å²) in [5.41, 5.74) is 4.95. The normalized spacial score (nSPS) is 16.8. The largest absolute Gasteiger partial charge is 0.301 e. The summed E-state index contributed by atoms with van der Waals surface area (Å²) in [4.78, 5) is 40.2. The maximum atomic E-state index is 12.9. The van der Waals surface area contributed by atoms with E-state index in [4.69, 9.17) is 12.2 Å². The van der Waals surface area contributed by atoms with Crippen LogP contribution in [0.25, 0.3) is 0 Å². The highest BCUT2D eigenvalue weighted by molar-refractivity contribution is 7.80. The van der Waals surface area contributed by atoms with E-state index < -0.39 is 22.7 Å². The van der Waals surface area contributed by atoms with Gasteiger partial charge in [0.1, 0.15) is 12.0 Å². The minimum absolute atomic E-state index is 0.00195. The molecule has 0 radical (unpaired) electrons. The van der Waals surface area contributed by atoms with E-state index in [2.05, 4.69) is 20.8 Å². The molecule has 1 fully saturated rings. The minimum Gasteiger partial charge on any atom is -0.301 e. The van der Waals surface area contributed by atoms with E-state index >= 15 is 0 Å². The quantitative estimate of drug-likeness (QED) is 0.253. The van der Waals surface area contributed by atoms with Gasteiger partial charge in [0.25, 0.3) is 11.6 Å². The fourth-order valence-corrected chi connectivity index (χ4v) is 2.87. The molecule has 3 rings (SSSR count). The Morgan fingerprint density at radius 2 is 2.03 bits per heavy atom. The number of benzene rings is 1. The molecule has 0 spiro atoms. The van der Waals surface area contributed by atoms with Crippen LogP contribution in [-0.2, 0) is 9.59 Å². The average Bonchev–Trinajstić information content (AvgIpc) is 2.67. The van der Waals surface area contributed by atoms with Crippen LogP contribution >= 0.6 is 12.2 Å². The molecule has 11 heteroatoms. The van der Waals surface area contributed by atoms with Gasteiger partial charge in [0, 0.05) is 12.3 Å². The van der Waals surface area contributed by atoms with Crippen molar-refractivity contribution in [2.45, 2.75) is 13.8 Å². The van der Waals surface area contributed by atoms with Gasteiger partial charge in [-0.2, -0.15) is 5.10 Å². The summed E-state index contributed by atoms with van der Waals surface area (Å²) in [7, 11) is 0. The van der Waals surface area contributed by atoms with Gasteiger partial charge in [0.2, 0.25) is 5.91 Å². The number of carbonyl (C=O) groups excluding carboxylic acids is 2. The van der Waals surface area contributed by atoms with Gasteiger partial charge in [0.05, 0.1) is 10.6 Å². The molecule has 0 bridgehead atoms. The zero-order valence-corrected chi connectivity index (χ0v) is 16.3. The van der Waals surface area contributed by atoms with Crippen molar-refractivity contribution in [3.8, 4) is 0 Å². The SMILES string of the molecule is Cc1ccc(N2C(=O)[C@@H](/C=N\Nc3ccc([N+](=O)[O-])cn3)C(=O)NC2=S)cc1C. The van der Waals surface area contributed by atoms with Crippen molar-refractivity contribution in [2.24, 2.45) is 11.0 Å². The lowest BCUT2D eigenvalue weighted by Gasteiger charge is -2.31. The number of aryl methyl sites for hydroxylation is 2. The molecule has 2 heterocycles. The van der Waals surface area contributed by atoms with Gasteiger partial charge in [-0.25, -0.2) is 4.98 Å². The predicted octanol–water partition coefficient (Wildman–Crippen LogP) is 2.07. The molecule has 10 nitrogen and oxygen atoms in total. The second kappa shape index (κ2) is 8.10. The molecular weight excluding hydrogens is 396 g/mol. The van der Waals surface area contributed by atoms with E-state index in [0.29, 0.717) is 5.69 Å². The number of nitro groups is 1. The van der Waals surface area contributed by atoms with Gasteiger partial charge < -0.3 is 5.32 Å². The molecule has 29 heavy (non-hydrogen) atoms. The summed E-state index contributed by atoms with van der Waals surface area (Å²) in [6, 6.07) is 8.03. The molecule has 2 N–H and O–H groups in total. The number of carbonyl (C=O) groups is 2. The summed E-state index contributed by atoms with van der Waals surface area (Å²) < 4.78 is 0. The fraction of sp³-hybridized carbons (Fsp3) is 0.167. The van der Waals surface area contributed by atoms with Crippen LogP contribution in [0.5, 0.6) is 0 Å². The van der Waals surface area contributed by atoms with Crippen LogP contribution in [0, 0.1) is 29.9 Å². The third-order valence-electron chi connectivity index (χ3n) is 4.31. The van der Waals surface area contributed by atoms with Crippen LogP contribution in [0.1, 0.15) is 11.1 Å². The van der Waals surface area contributed by atoms with Crippen LogP contribution in [0.3, 0.4) is 0 Å². The first-order valence-electron chi connectivity index (χ1n) is 8.43. The van der Waals surface area contributed by atoms with Gasteiger partial charge in [-0.05, 0) is 55.4 Å². The Morgan fingerprint density at radius 1 is 1.28 bits per heavy atom. The summed E-state index contributed by atoms with van der Waals surface area (Å²) in [6.07, 6.45) is 2.20. The summed E-state index contributed by atoms with van der Waals surface area (Å²) in [6.45, 7) is 3.86. The van der Waals surface area contributed by atoms with Crippen molar-refractivity contribution in [3.05, 3.63) is 57.8 Å². The van der Waals surface area contributed by atoms with E-state index in [1.165, 1.54) is 17.0 Å². The summed E-state index contributed by atoms with van der Waals surface area (Å²) >= 11 is 5.16. The predicted molar refractivity (Wildman–Crippen MR) is 111 cm³/mol. The first-order valence-corrected chi connectivity index (χ1v) is 8.84. The minimum atomic E-state index is -1.20. The number of thiocarbonyl (C=S) groups is 1. The molecule has 1 atom stereocenters. The molecule has 2 amide bonds. The smallest absolute Gasteiger partial charge is 0.287 e. The third kappa shape index (κ3) is 4.24. The topological polar surface area (TPSA) is 130 Å². The van der Waals surface area contributed by atoms with Crippen LogP contribution in [0.4, 0.5) is 17.2 Å². The van der Waals surface area contributed by atoms with Crippen molar-refractivity contribution < 1.29 is 14.5 Å². The maximum Gasteiger partial charge on any atom is 0.287 e. The number of amides is 2. The lowest BCUT2D eigenvalue weighted by Crippen LogP contribution is -2.58. The Kier molecular flexibility index (Phi) is 5.59. The van der Waals surface area contributed by atoms with Crippen molar-refractivity contribution in [2.75, 3.05) is 10.3 Å². The molecule has 1 aromatic heterocycles. The number of hydrazone groups is 1. The van der Waals surface area contributed by atoms with Crippen LogP contribution in [0.15, 0.2) is 41.6 Å². The van der Waals surface area contributed by atoms with Crippen LogP contribution in [-0.4, -0.2) is 33.0 Å². The second-order valence-electron chi connectivity index (χ2n) is 6.26. The van der Waals surface area contributed by atoms with Gasteiger partial charge in [-0.1, -0.05) is 6.07 Å². The van der Waals surface area contributed by atoms with E-state index in [9.17, 15) is 19.7 Å². The highest BCUT2D eigenvalue weighted by Gasteiger charge is 2.38. The number of hydrogen-bond acceptors (Lipinski definition) is 8. The summed E-state index contributed by atoms with van der Waals surface area (Å²) in [5.74, 6) is -2.11. The number of nitrogens with zero attached hydrogens (tertiary/aromatic N) is 4. The molecule has 1 aromatic carbocycles. The zero-order valence-electron chi connectivity index (χ0n) is 15.4. The molecular formula is C18H16N6O4S. The van der Waals surface area contributed by atoms with Gasteiger partial charge >= 0.3 is 0 Å². The highest BCUT2D eigenvalue weighted by atomic mass is 32.1. The Hall–Kier alpha value is -3.73. The third-order valence-corrected chi connectivity index (χ3v) is 4.60. The first-order chi connectivity index (χ1) is 13.8. The number of hydrogen-bond donors (Lipinski definition) is 2. The number of rotatable bonds is 5. The van der Waals surface area contributed by atoms with Gasteiger partial charge in [-0.3, -0.25) is 30.0 Å². The molecule has 1 saturated heterocycles. The van der Waals surface area contributed by atoms with Crippen molar-refractivity contribution in [1.82, 2.24) is 10.3 Å². The molecule has 1 aliphatic heterocycles. The van der Waals surface area contributed by atoms with Gasteiger partial charge in [-0.15, -0.1) is 0 Å². The molecule has 148 valence electrons. The molecule has 1 aliphatic rings. The standard InChI is InChI=1S/C18H16N6O4S/c1-10-3-4-12(7-11(10)2)23-17(26)14(16(25)21-18(23)29)9-20-22-15-6-5-13(8-19-15)24(27)28/h3-9,14H,1-2H3,(H,19,22)(H,21,25,29)/b20-9-/t14-/m0/s1. The van der Waals surface area contributed by atoms with Crippen molar-refractivity contribution >= 4 is 52.6 Å². The van der Waals surface area contributed by atoms with E-state index in [-0.39, 0.29) is 16.6 Å². The van der Waals surface area contributed by atoms with Crippen molar-refractivity contribution in [3.63, 3.8) is 0 Å². The fourth-order valence-electron chi connectivity index (χ4n) is 2.57.